The van der Waals surface area contributed by atoms with Gasteiger partial charge in [-0.25, -0.2) is 0 Å². The molecule has 1 aromatic carbocycles. The molecule has 0 aromatic heterocycles. The summed E-state index contributed by atoms with van der Waals surface area (Å²) in [4.78, 5) is 1.06. The van der Waals surface area contributed by atoms with Crippen LogP contribution in [0.15, 0.2) is 29.2 Å². The Bertz CT molecular complexity index is 215. The zero-order chi connectivity index (χ0) is 9.40. The molecule has 0 heterocycles. The van der Waals surface area contributed by atoms with E-state index >= 15 is 0 Å². The molecule has 0 spiro atoms. The minimum Gasteiger partial charge on any atom is -0.263 e. The van der Waals surface area contributed by atoms with E-state index in [0.29, 0.717) is 0 Å². The second-order valence-corrected chi connectivity index (χ2v) is 3.20. The molecular formula is C9H14ClNS. The Morgan fingerprint density at radius 2 is 1.83 bits per heavy atom. The van der Waals surface area contributed by atoms with Crippen molar-refractivity contribution in [1.29, 1.82) is 0 Å². The van der Waals surface area contributed by atoms with Gasteiger partial charge >= 0.3 is 0 Å². The smallest absolute Gasteiger partial charge is 0.0554 e. The van der Waals surface area contributed by atoms with Crippen molar-refractivity contribution in [3.63, 3.8) is 0 Å². The van der Waals surface area contributed by atoms with Gasteiger partial charge in [-0.3, -0.25) is 4.72 Å². The normalized spacial score (nSPS) is 8.67. The molecule has 0 unspecified atom stereocenters. The van der Waals surface area contributed by atoms with E-state index in [2.05, 4.69) is 4.72 Å². The maximum Gasteiger partial charge on any atom is 0.0554 e. The molecule has 0 saturated heterocycles. The van der Waals surface area contributed by atoms with Crippen LogP contribution in [0.1, 0.15) is 13.8 Å². The summed E-state index contributed by atoms with van der Waals surface area (Å²) in [7, 11) is 1.87. The molecular weight excluding hydrogens is 190 g/mol. The highest BCUT2D eigenvalue weighted by atomic mass is 35.5. The van der Waals surface area contributed by atoms with Crippen LogP contribution >= 0.6 is 23.5 Å². The predicted octanol–water partition coefficient (Wildman–Crippen LogP) is 3.59. The van der Waals surface area contributed by atoms with Crippen molar-refractivity contribution < 1.29 is 0 Å². The molecule has 0 bridgehead atoms. The lowest BCUT2D eigenvalue weighted by Crippen LogP contribution is -1.90. The molecule has 0 aliphatic heterocycles. The maximum atomic E-state index is 5.84. The van der Waals surface area contributed by atoms with E-state index < -0.39 is 0 Å². The zero-order valence-corrected chi connectivity index (χ0v) is 9.17. The van der Waals surface area contributed by atoms with Gasteiger partial charge in [0.1, 0.15) is 0 Å². The quantitative estimate of drug-likeness (QED) is 0.738. The standard InChI is InChI=1S/C7H8ClNS.C2H6/c1-9-10-7-5-3-2-4-6(7)8;1-2/h2-5,9H,1H3;1-2H3. The summed E-state index contributed by atoms with van der Waals surface area (Å²) in [5.41, 5.74) is 0. The summed E-state index contributed by atoms with van der Waals surface area (Å²) in [6.45, 7) is 4.00. The second-order valence-electron chi connectivity index (χ2n) is 1.74. The lowest BCUT2D eigenvalue weighted by Gasteiger charge is -1.99. The van der Waals surface area contributed by atoms with Crippen molar-refractivity contribution in [3.05, 3.63) is 29.3 Å². The van der Waals surface area contributed by atoms with Gasteiger partial charge in [0, 0.05) is 4.90 Å². The number of nitrogens with one attached hydrogen (secondary N) is 1. The van der Waals surface area contributed by atoms with Crippen molar-refractivity contribution >= 4 is 23.5 Å². The lowest BCUT2D eigenvalue weighted by molar-refractivity contribution is 1.28. The van der Waals surface area contributed by atoms with Gasteiger partial charge in [-0.15, -0.1) is 0 Å². The fourth-order valence-electron chi connectivity index (χ4n) is 0.637. The number of benzene rings is 1. The number of halogens is 1. The Morgan fingerprint density at radius 1 is 1.25 bits per heavy atom. The Hall–Kier alpha value is -0.180. The molecule has 3 heteroatoms. The Kier molecular flexibility index (Phi) is 7.36. The molecule has 1 rings (SSSR count). The van der Waals surface area contributed by atoms with E-state index in [1.165, 1.54) is 11.9 Å². The summed E-state index contributed by atoms with van der Waals surface area (Å²) in [5.74, 6) is 0. The number of hydrogen-bond acceptors (Lipinski definition) is 2. The van der Waals surface area contributed by atoms with Gasteiger partial charge in [0.05, 0.1) is 5.02 Å². The van der Waals surface area contributed by atoms with E-state index in [-0.39, 0.29) is 0 Å². The average Bonchev–Trinajstić information content (AvgIpc) is 2.13. The summed E-state index contributed by atoms with van der Waals surface area (Å²) < 4.78 is 2.96. The largest absolute Gasteiger partial charge is 0.263 e. The third kappa shape index (κ3) is 4.00. The van der Waals surface area contributed by atoms with Crippen LogP contribution in [-0.4, -0.2) is 7.05 Å². The van der Waals surface area contributed by atoms with Gasteiger partial charge in [-0.2, -0.15) is 0 Å². The fourth-order valence-corrected chi connectivity index (χ4v) is 1.42. The van der Waals surface area contributed by atoms with Crippen LogP contribution < -0.4 is 4.72 Å². The minimum absolute atomic E-state index is 0.793. The molecule has 1 N–H and O–H groups in total. The fraction of sp³-hybridized carbons (Fsp3) is 0.333. The van der Waals surface area contributed by atoms with Gasteiger partial charge in [0.25, 0.3) is 0 Å². The van der Waals surface area contributed by atoms with E-state index in [9.17, 15) is 0 Å². The highest BCUT2D eigenvalue weighted by Gasteiger charge is 1.95. The first-order chi connectivity index (χ1) is 5.84. The first kappa shape index (κ1) is 11.8. The van der Waals surface area contributed by atoms with Gasteiger partial charge in [0.2, 0.25) is 0 Å². The Morgan fingerprint density at radius 3 is 2.33 bits per heavy atom. The highest BCUT2D eigenvalue weighted by Crippen LogP contribution is 2.23. The van der Waals surface area contributed by atoms with Gasteiger partial charge in [-0.05, 0) is 31.1 Å². The van der Waals surface area contributed by atoms with Crippen molar-refractivity contribution in [3.8, 4) is 0 Å². The third-order valence-corrected chi connectivity index (χ3v) is 2.27. The van der Waals surface area contributed by atoms with Crippen molar-refractivity contribution in [1.82, 2.24) is 4.72 Å². The van der Waals surface area contributed by atoms with Crippen LogP contribution in [0.4, 0.5) is 0 Å². The molecule has 0 saturated carbocycles. The lowest BCUT2D eigenvalue weighted by atomic mass is 10.4. The molecule has 0 aliphatic rings. The first-order valence-electron chi connectivity index (χ1n) is 3.92. The van der Waals surface area contributed by atoms with Crippen molar-refractivity contribution in [2.75, 3.05) is 7.05 Å². The van der Waals surface area contributed by atoms with Crippen molar-refractivity contribution in [2.24, 2.45) is 0 Å². The highest BCUT2D eigenvalue weighted by molar-refractivity contribution is 7.97. The van der Waals surface area contributed by atoms with E-state index in [4.69, 9.17) is 11.6 Å². The van der Waals surface area contributed by atoms with Gasteiger partial charge in [-0.1, -0.05) is 37.6 Å². The molecule has 1 aromatic rings. The zero-order valence-electron chi connectivity index (χ0n) is 7.60. The third-order valence-electron chi connectivity index (χ3n) is 1.05. The van der Waals surface area contributed by atoms with Crippen molar-refractivity contribution in [2.45, 2.75) is 18.7 Å². The summed E-state index contributed by atoms with van der Waals surface area (Å²) >= 11 is 7.36. The Labute approximate surface area is 83.6 Å². The van der Waals surface area contributed by atoms with E-state index in [1.54, 1.807) is 0 Å². The molecule has 0 fully saturated rings. The predicted molar refractivity (Wildman–Crippen MR) is 57.7 cm³/mol. The van der Waals surface area contributed by atoms with Crippen LogP contribution in [0.3, 0.4) is 0 Å². The topological polar surface area (TPSA) is 12.0 Å². The molecule has 0 amide bonds. The molecule has 12 heavy (non-hydrogen) atoms. The van der Waals surface area contributed by atoms with E-state index in [1.807, 2.05) is 45.2 Å². The molecule has 0 radical (unpaired) electrons. The number of hydrogen-bond donors (Lipinski definition) is 1. The molecule has 1 nitrogen and oxygen atoms in total. The Balaban J connectivity index is 0.000000561. The molecule has 0 aliphatic carbocycles. The summed E-state index contributed by atoms with van der Waals surface area (Å²) in [6.07, 6.45) is 0. The maximum absolute atomic E-state index is 5.84. The number of rotatable bonds is 2. The van der Waals surface area contributed by atoms with Crippen LogP contribution in [0.25, 0.3) is 0 Å². The van der Waals surface area contributed by atoms with Crippen LogP contribution in [0.5, 0.6) is 0 Å². The average molecular weight is 204 g/mol. The molecule has 68 valence electrons. The van der Waals surface area contributed by atoms with Gasteiger partial charge in [0.15, 0.2) is 0 Å². The van der Waals surface area contributed by atoms with Crippen LogP contribution in [0.2, 0.25) is 5.02 Å². The monoisotopic (exact) mass is 203 g/mol. The molecule has 0 atom stereocenters. The summed E-state index contributed by atoms with van der Waals surface area (Å²) in [6, 6.07) is 7.73. The van der Waals surface area contributed by atoms with Crippen LogP contribution in [0, 0.1) is 0 Å². The minimum atomic E-state index is 0.793. The first-order valence-corrected chi connectivity index (χ1v) is 5.12. The van der Waals surface area contributed by atoms with Gasteiger partial charge < -0.3 is 0 Å². The van der Waals surface area contributed by atoms with E-state index in [0.717, 1.165) is 9.92 Å². The SMILES string of the molecule is CC.CNSc1ccccc1Cl. The summed E-state index contributed by atoms with van der Waals surface area (Å²) in [5, 5.41) is 0.793. The van der Waals surface area contributed by atoms with Crippen LogP contribution in [-0.2, 0) is 0 Å². The second kappa shape index (κ2) is 7.47.